The fraction of sp³-hybridized carbons (Fsp3) is 0.400. The SMILES string of the molecule is CCOc1ccc(S(=O)(=O)NCC2CCCN2c2ccccc2)cc1C. The molecule has 2 aromatic carbocycles. The van der Waals surface area contributed by atoms with Gasteiger partial charge in [-0.1, -0.05) is 18.2 Å². The molecule has 2 aromatic rings. The molecule has 140 valence electrons. The van der Waals surface area contributed by atoms with Gasteiger partial charge in [-0.15, -0.1) is 0 Å². The topological polar surface area (TPSA) is 58.6 Å². The fourth-order valence-electron chi connectivity index (χ4n) is 3.40. The van der Waals surface area contributed by atoms with Crippen molar-refractivity contribution in [3.8, 4) is 5.75 Å². The van der Waals surface area contributed by atoms with Gasteiger partial charge in [0.25, 0.3) is 0 Å². The first-order chi connectivity index (χ1) is 12.5. The molecule has 1 aliphatic rings. The third kappa shape index (κ3) is 4.19. The molecule has 0 amide bonds. The molecule has 1 fully saturated rings. The number of sulfonamides is 1. The molecular weight excluding hydrogens is 348 g/mol. The molecule has 0 spiro atoms. The largest absolute Gasteiger partial charge is 0.494 e. The molecule has 5 nitrogen and oxygen atoms in total. The summed E-state index contributed by atoms with van der Waals surface area (Å²) < 4.78 is 33.6. The van der Waals surface area contributed by atoms with E-state index in [1.54, 1.807) is 18.2 Å². The number of hydrogen-bond donors (Lipinski definition) is 1. The lowest BCUT2D eigenvalue weighted by Crippen LogP contribution is -2.40. The minimum Gasteiger partial charge on any atom is -0.494 e. The Morgan fingerprint density at radius 1 is 1.19 bits per heavy atom. The van der Waals surface area contributed by atoms with Crippen LogP contribution in [0.5, 0.6) is 5.75 Å². The molecule has 1 aliphatic heterocycles. The van der Waals surface area contributed by atoms with Crippen molar-refractivity contribution in [2.75, 3.05) is 24.6 Å². The second-order valence-electron chi connectivity index (χ2n) is 6.54. The van der Waals surface area contributed by atoms with Gasteiger partial charge in [-0.3, -0.25) is 0 Å². The Labute approximate surface area is 156 Å². The van der Waals surface area contributed by atoms with Crippen LogP contribution in [0.15, 0.2) is 53.4 Å². The summed E-state index contributed by atoms with van der Waals surface area (Å²) in [5.74, 6) is 0.720. The number of hydrogen-bond acceptors (Lipinski definition) is 4. The third-order valence-corrected chi connectivity index (χ3v) is 6.15. The first-order valence-electron chi connectivity index (χ1n) is 9.06. The van der Waals surface area contributed by atoms with Crippen LogP contribution in [0, 0.1) is 6.92 Å². The molecule has 1 N–H and O–H groups in total. The molecular formula is C20H26N2O3S. The maximum absolute atomic E-state index is 12.7. The van der Waals surface area contributed by atoms with Gasteiger partial charge >= 0.3 is 0 Å². The van der Waals surface area contributed by atoms with Crippen LogP contribution in [0.3, 0.4) is 0 Å². The zero-order valence-corrected chi connectivity index (χ0v) is 16.1. The lowest BCUT2D eigenvalue weighted by atomic mass is 10.2. The number of ether oxygens (including phenoxy) is 1. The van der Waals surface area contributed by atoms with Gasteiger partial charge in [0, 0.05) is 24.8 Å². The highest BCUT2D eigenvalue weighted by molar-refractivity contribution is 7.89. The Morgan fingerprint density at radius 2 is 1.96 bits per heavy atom. The van der Waals surface area contributed by atoms with Crippen LogP contribution in [0.2, 0.25) is 0 Å². The van der Waals surface area contributed by atoms with E-state index in [0.29, 0.717) is 13.2 Å². The van der Waals surface area contributed by atoms with E-state index in [9.17, 15) is 8.42 Å². The lowest BCUT2D eigenvalue weighted by molar-refractivity contribution is 0.337. The maximum Gasteiger partial charge on any atom is 0.240 e. The smallest absolute Gasteiger partial charge is 0.240 e. The number of nitrogens with zero attached hydrogens (tertiary/aromatic N) is 1. The molecule has 0 aromatic heterocycles. The van der Waals surface area contributed by atoms with Gasteiger partial charge in [0.15, 0.2) is 0 Å². The summed E-state index contributed by atoms with van der Waals surface area (Å²) in [5, 5.41) is 0. The standard InChI is InChI=1S/C20H26N2O3S/c1-3-25-20-12-11-19(14-16(20)2)26(23,24)21-15-18-10-7-13-22(18)17-8-5-4-6-9-17/h4-6,8-9,11-12,14,18,21H,3,7,10,13,15H2,1-2H3. The van der Waals surface area contributed by atoms with Crippen molar-refractivity contribution >= 4 is 15.7 Å². The first-order valence-corrected chi connectivity index (χ1v) is 10.5. The molecule has 1 atom stereocenters. The van der Waals surface area contributed by atoms with Gasteiger partial charge < -0.3 is 9.64 Å². The van der Waals surface area contributed by atoms with E-state index in [1.807, 2.05) is 32.0 Å². The van der Waals surface area contributed by atoms with Crippen LogP contribution in [0.25, 0.3) is 0 Å². The zero-order valence-electron chi connectivity index (χ0n) is 15.3. The highest BCUT2D eigenvalue weighted by Gasteiger charge is 2.26. The van der Waals surface area contributed by atoms with E-state index in [4.69, 9.17) is 4.74 Å². The van der Waals surface area contributed by atoms with E-state index >= 15 is 0 Å². The van der Waals surface area contributed by atoms with Gasteiger partial charge in [-0.2, -0.15) is 0 Å². The molecule has 1 saturated heterocycles. The number of aryl methyl sites for hydroxylation is 1. The van der Waals surface area contributed by atoms with Crippen molar-refractivity contribution < 1.29 is 13.2 Å². The Kier molecular flexibility index (Phi) is 5.84. The molecule has 1 heterocycles. The summed E-state index contributed by atoms with van der Waals surface area (Å²) in [4.78, 5) is 2.56. The van der Waals surface area contributed by atoms with Crippen LogP contribution in [0.1, 0.15) is 25.3 Å². The summed E-state index contributed by atoms with van der Waals surface area (Å²) in [6.07, 6.45) is 2.06. The molecule has 3 rings (SSSR count). The van der Waals surface area contributed by atoms with E-state index in [-0.39, 0.29) is 10.9 Å². The van der Waals surface area contributed by atoms with Gasteiger partial charge in [0.1, 0.15) is 5.75 Å². The Balaban J connectivity index is 1.69. The second-order valence-corrected chi connectivity index (χ2v) is 8.30. The van der Waals surface area contributed by atoms with Crippen molar-refractivity contribution in [1.29, 1.82) is 0 Å². The van der Waals surface area contributed by atoms with Crippen LogP contribution in [-0.4, -0.2) is 34.2 Å². The van der Waals surface area contributed by atoms with Crippen molar-refractivity contribution in [2.24, 2.45) is 0 Å². The molecule has 0 bridgehead atoms. The molecule has 1 unspecified atom stereocenters. The average molecular weight is 375 g/mol. The first kappa shape index (κ1) is 18.7. The van der Waals surface area contributed by atoms with Crippen LogP contribution in [0.4, 0.5) is 5.69 Å². The fourth-order valence-corrected chi connectivity index (χ4v) is 4.56. The van der Waals surface area contributed by atoms with Crippen molar-refractivity contribution in [1.82, 2.24) is 4.72 Å². The highest BCUT2D eigenvalue weighted by atomic mass is 32.2. The van der Waals surface area contributed by atoms with E-state index < -0.39 is 10.0 Å². The predicted molar refractivity (Wildman–Crippen MR) is 104 cm³/mol. The summed E-state index contributed by atoms with van der Waals surface area (Å²) in [7, 11) is -3.54. The Bertz CT molecular complexity index is 837. The van der Waals surface area contributed by atoms with Crippen molar-refractivity contribution in [3.05, 3.63) is 54.1 Å². The number of benzene rings is 2. The van der Waals surface area contributed by atoms with Gasteiger partial charge in [0.05, 0.1) is 11.5 Å². The normalized spacial score (nSPS) is 17.5. The third-order valence-electron chi connectivity index (χ3n) is 4.73. The second kappa shape index (κ2) is 8.10. The number of rotatable bonds is 7. The van der Waals surface area contributed by atoms with E-state index in [2.05, 4.69) is 21.8 Å². The molecule has 6 heteroatoms. The Morgan fingerprint density at radius 3 is 2.65 bits per heavy atom. The van der Waals surface area contributed by atoms with Crippen molar-refractivity contribution in [3.63, 3.8) is 0 Å². The Hall–Kier alpha value is -2.05. The summed E-state index contributed by atoms with van der Waals surface area (Å²) in [5.41, 5.74) is 1.97. The van der Waals surface area contributed by atoms with Gasteiger partial charge in [0.2, 0.25) is 10.0 Å². The summed E-state index contributed by atoms with van der Waals surface area (Å²) in [6.45, 7) is 5.69. The number of anilines is 1. The predicted octanol–water partition coefficient (Wildman–Crippen LogP) is 3.34. The average Bonchev–Trinajstić information content (AvgIpc) is 3.11. The van der Waals surface area contributed by atoms with Crippen LogP contribution in [-0.2, 0) is 10.0 Å². The molecule has 0 saturated carbocycles. The highest BCUT2D eigenvalue weighted by Crippen LogP contribution is 2.26. The molecule has 26 heavy (non-hydrogen) atoms. The van der Waals surface area contributed by atoms with Crippen LogP contribution < -0.4 is 14.4 Å². The van der Waals surface area contributed by atoms with Gasteiger partial charge in [-0.05, 0) is 62.6 Å². The number of nitrogens with one attached hydrogen (secondary N) is 1. The van der Waals surface area contributed by atoms with Gasteiger partial charge in [-0.25, -0.2) is 13.1 Å². The van der Waals surface area contributed by atoms with E-state index in [1.165, 1.54) is 0 Å². The monoisotopic (exact) mass is 374 g/mol. The number of para-hydroxylation sites is 1. The van der Waals surface area contributed by atoms with Crippen LogP contribution >= 0.6 is 0 Å². The van der Waals surface area contributed by atoms with Crippen molar-refractivity contribution in [2.45, 2.75) is 37.6 Å². The summed E-state index contributed by atoms with van der Waals surface area (Å²) >= 11 is 0. The minimum atomic E-state index is -3.54. The summed E-state index contributed by atoms with van der Waals surface area (Å²) in [6, 6.07) is 15.3. The minimum absolute atomic E-state index is 0.177. The molecule has 0 aliphatic carbocycles. The van der Waals surface area contributed by atoms with E-state index in [0.717, 1.165) is 36.4 Å². The lowest BCUT2D eigenvalue weighted by Gasteiger charge is -2.27. The molecule has 0 radical (unpaired) electrons. The maximum atomic E-state index is 12.7. The zero-order chi connectivity index (χ0) is 18.6. The quantitative estimate of drug-likeness (QED) is 0.807.